The second-order valence-electron chi connectivity index (χ2n) is 4.96. The predicted molar refractivity (Wildman–Crippen MR) is 82.1 cm³/mol. The molecule has 0 unspecified atom stereocenters. The smallest absolute Gasteiger partial charge is 0.478 e. The Bertz CT molecular complexity index is 910. The summed E-state index contributed by atoms with van der Waals surface area (Å²) in [4.78, 5) is 10.4. The Morgan fingerprint density at radius 2 is 1.84 bits per heavy atom. The molecule has 0 radical (unpaired) electrons. The highest BCUT2D eigenvalue weighted by Crippen LogP contribution is 2.26. The molecule has 0 spiro atoms. The van der Waals surface area contributed by atoms with Gasteiger partial charge in [0.25, 0.3) is 10.0 Å². The summed E-state index contributed by atoms with van der Waals surface area (Å²) >= 11 is 0. The first-order valence-corrected chi connectivity index (χ1v) is 8.19. The number of sulfonamides is 1. The zero-order chi connectivity index (χ0) is 18.8. The van der Waals surface area contributed by atoms with Crippen molar-refractivity contribution < 1.29 is 36.2 Å². The fourth-order valence-corrected chi connectivity index (χ4v) is 3.12. The SMILES string of the molecule is Cc1cc(C(=O)O)ccc1NS(=O)(=O)c1cccc(OC(F)(F)F)c1. The van der Waals surface area contributed by atoms with Crippen molar-refractivity contribution in [1.82, 2.24) is 0 Å². The highest BCUT2D eigenvalue weighted by molar-refractivity contribution is 7.92. The van der Waals surface area contributed by atoms with Crippen LogP contribution in [0.25, 0.3) is 0 Å². The standard InChI is InChI=1S/C15H12F3NO5S/c1-9-7-10(14(20)21)5-6-13(9)19-25(22,23)12-4-2-3-11(8-12)24-15(16,17)18/h2-8,19H,1H3,(H,20,21). The molecular formula is C15H12F3NO5S. The van der Waals surface area contributed by atoms with Crippen LogP contribution < -0.4 is 9.46 Å². The first-order chi connectivity index (χ1) is 11.5. The van der Waals surface area contributed by atoms with E-state index in [0.717, 1.165) is 24.3 Å². The number of hydrogen-bond acceptors (Lipinski definition) is 4. The van der Waals surface area contributed by atoms with Gasteiger partial charge in [-0.25, -0.2) is 13.2 Å². The number of benzene rings is 2. The Labute approximate surface area is 140 Å². The van der Waals surface area contributed by atoms with Crippen LogP contribution in [0.5, 0.6) is 5.75 Å². The maximum absolute atomic E-state index is 12.3. The van der Waals surface area contributed by atoms with E-state index < -0.39 is 33.0 Å². The van der Waals surface area contributed by atoms with Gasteiger partial charge in [0.05, 0.1) is 16.1 Å². The maximum atomic E-state index is 12.3. The number of nitrogens with one attached hydrogen (secondary N) is 1. The van der Waals surface area contributed by atoms with Crippen LogP contribution in [-0.4, -0.2) is 25.9 Å². The van der Waals surface area contributed by atoms with Crippen molar-refractivity contribution in [2.24, 2.45) is 0 Å². The summed E-state index contributed by atoms with van der Waals surface area (Å²) in [5.74, 6) is -1.84. The van der Waals surface area contributed by atoms with Crippen molar-refractivity contribution in [1.29, 1.82) is 0 Å². The molecule has 0 aliphatic rings. The lowest BCUT2D eigenvalue weighted by molar-refractivity contribution is -0.274. The predicted octanol–water partition coefficient (Wildman–Crippen LogP) is 3.39. The molecule has 2 N–H and O–H groups in total. The number of aryl methyl sites for hydroxylation is 1. The number of alkyl halides is 3. The molecule has 0 bridgehead atoms. The average Bonchev–Trinajstić information content (AvgIpc) is 2.47. The van der Waals surface area contributed by atoms with Crippen LogP contribution in [0.4, 0.5) is 18.9 Å². The van der Waals surface area contributed by atoms with Gasteiger partial charge in [-0.3, -0.25) is 4.72 Å². The van der Waals surface area contributed by atoms with E-state index in [4.69, 9.17) is 5.11 Å². The quantitative estimate of drug-likeness (QED) is 0.836. The number of rotatable bonds is 5. The number of carboxylic acid groups (broad SMARTS) is 1. The molecule has 0 heterocycles. The van der Waals surface area contributed by atoms with Crippen LogP contribution in [0.15, 0.2) is 47.4 Å². The normalized spacial score (nSPS) is 11.8. The third-order valence-corrected chi connectivity index (χ3v) is 4.43. The van der Waals surface area contributed by atoms with Gasteiger partial charge in [0.1, 0.15) is 5.75 Å². The van der Waals surface area contributed by atoms with E-state index in [2.05, 4.69) is 9.46 Å². The molecule has 2 aromatic rings. The molecule has 2 rings (SSSR count). The molecule has 0 aliphatic carbocycles. The zero-order valence-corrected chi connectivity index (χ0v) is 13.5. The molecule has 0 fully saturated rings. The summed E-state index contributed by atoms with van der Waals surface area (Å²) in [6.45, 7) is 1.49. The van der Waals surface area contributed by atoms with Crippen LogP contribution in [0.1, 0.15) is 15.9 Å². The second kappa shape index (κ2) is 6.63. The Hall–Kier alpha value is -2.75. The lowest BCUT2D eigenvalue weighted by atomic mass is 10.1. The highest BCUT2D eigenvalue weighted by Gasteiger charge is 2.31. The number of carbonyl (C=O) groups is 1. The number of aromatic carboxylic acids is 1. The lowest BCUT2D eigenvalue weighted by Crippen LogP contribution is -2.18. The van der Waals surface area contributed by atoms with Crippen LogP contribution in [-0.2, 0) is 10.0 Å². The van der Waals surface area contributed by atoms with Gasteiger partial charge in [0.2, 0.25) is 0 Å². The molecule has 0 aromatic heterocycles. The van der Waals surface area contributed by atoms with E-state index in [-0.39, 0.29) is 11.3 Å². The summed E-state index contributed by atoms with van der Waals surface area (Å²) in [5.41, 5.74) is 0.416. The highest BCUT2D eigenvalue weighted by atomic mass is 32.2. The van der Waals surface area contributed by atoms with Crippen molar-refractivity contribution in [2.45, 2.75) is 18.2 Å². The molecular weight excluding hydrogens is 363 g/mol. The number of ether oxygens (including phenoxy) is 1. The first kappa shape index (κ1) is 18.6. The van der Waals surface area contributed by atoms with Crippen LogP contribution >= 0.6 is 0 Å². The molecule has 134 valence electrons. The Morgan fingerprint density at radius 1 is 1.16 bits per heavy atom. The second-order valence-corrected chi connectivity index (χ2v) is 6.65. The van der Waals surface area contributed by atoms with Gasteiger partial charge in [-0.2, -0.15) is 0 Å². The van der Waals surface area contributed by atoms with Crippen molar-refractivity contribution >= 4 is 21.7 Å². The zero-order valence-electron chi connectivity index (χ0n) is 12.7. The minimum Gasteiger partial charge on any atom is -0.478 e. The third-order valence-electron chi connectivity index (χ3n) is 3.07. The van der Waals surface area contributed by atoms with E-state index in [9.17, 15) is 26.4 Å². The number of halogens is 3. The number of hydrogen-bond donors (Lipinski definition) is 2. The molecule has 10 heteroatoms. The molecule has 0 amide bonds. The summed E-state index contributed by atoms with van der Waals surface area (Å²) in [7, 11) is -4.19. The number of anilines is 1. The van der Waals surface area contributed by atoms with Crippen molar-refractivity contribution in [3.8, 4) is 5.75 Å². The Morgan fingerprint density at radius 3 is 2.40 bits per heavy atom. The fourth-order valence-electron chi connectivity index (χ4n) is 1.95. The molecule has 2 aromatic carbocycles. The summed E-state index contributed by atoms with van der Waals surface area (Å²) in [6, 6.07) is 7.64. The van der Waals surface area contributed by atoms with Crippen LogP contribution in [0, 0.1) is 6.92 Å². The van der Waals surface area contributed by atoms with Crippen molar-refractivity contribution in [2.75, 3.05) is 4.72 Å². The summed E-state index contributed by atoms with van der Waals surface area (Å²) in [6.07, 6.45) is -4.95. The Kier molecular flexibility index (Phi) is 4.93. The summed E-state index contributed by atoms with van der Waals surface area (Å²) in [5, 5.41) is 8.89. The van der Waals surface area contributed by atoms with Gasteiger partial charge in [-0.15, -0.1) is 13.2 Å². The van der Waals surface area contributed by atoms with Crippen LogP contribution in [0.2, 0.25) is 0 Å². The Balaban J connectivity index is 2.31. The monoisotopic (exact) mass is 375 g/mol. The molecule has 0 saturated heterocycles. The van der Waals surface area contributed by atoms with Gasteiger partial charge in [0, 0.05) is 6.07 Å². The minimum absolute atomic E-state index is 0.0268. The van der Waals surface area contributed by atoms with E-state index >= 15 is 0 Å². The van der Waals surface area contributed by atoms with Gasteiger partial charge < -0.3 is 9.84 Å². The van der Waals surface area contributed by atoms with Crippen molar-refractivity contribution in [3.63, 3.8) is 0 Å². The van der Waals surface area contributed by atoms with Gasteiger partial charge in [-0.1, -0.05) is 6.07 Å². The van der Waals surface area contributed by atoms with E-state index in [1.54, 1.807) is 0 Å². The van der Waals surface area contributed by atoms with E-state index in [1.807, 2.05) is 0 Å². The average molecular weight is 375 g/mol. The fraction of sp³-hybridized carbons (Fsp3) is 0.133. The van der Waals surface area contributed by atoms with E-state index in [1.165, 1.54) is 25.1 Å². The number of carboxylic acids is 1. The van der Waals surface area contributed by atoms with Crippen molar-refractivity contribution in [3.05, 3.63) is 53.6 Å². The van der Waals surface area contributed by atoms with Gasteiger partial charge >= 0.3 is 12.3 Å². The molecule has 25 heavy (non-hydrogen) atoms. The molecule has 0 atom stereocenters. The van der Waals surface area contributed by atoms with Crippen LogP contribution in [0.3, 0.4) is 0 Å². The van der Waals surface area contributed by atoms with Gasteiger partial charge in [-0.05, 0) is 42.8 Å². The first-order valence-electron chi connectivity index (χ1n) is 6.70. The van der Waals surface area contributed by atoms with E-state index in [0.29, 0.717) is 5.56 Å². The molecule has 6 nitrogen and oxygen atoms in total. The maximum Gasteiger partial charge on any atom is 0.573 e. The molecule has 0 saturated carbocycles. The largest absolute Gasteiger partial charge is 0.573 e. The third kappa shape index (κ3) is 4.86. The minimum atomic E-state index is -4.95. The molecule has 0 aliphatic heterocycles. The van der Waals surface area contributed by atoms with Gasteiger partial charge in [0.15, 0.2) is 0 Å². The topological polar surface area (TPSA) is 92.7 Å². The lowest BCUT2D eigenvalue weighted by Gasteiger charge is -2.13. The summed E-state index contributed by atoms with van der Waals surface area (Å²) < 4.78 is 67.3.